The van der Waals surface area contributed by atoms with Crippen molar-refractivity contribution in [1.82, 2.24) is 9.97 Å². The van der Waals surface area contributed by atoms with E-state index >= 15 is 0 Å². The van der Waals surface area contributed by atoms with Crippen LogP contribution in [0.5, 0.6) is 0 Å². The SMILES string of the molecule is CC(C)(C)c1ccc(-c2nc(N)cc(C3CC3)n2)s1. The second-order valence-corrected chi connectivity index (χ2v) is 7.31. The number of hydrogen-bond donors (Lipinski definition) is 1. The molecule has 0 spiro atoms. The molecule has 1 aliphatic carbocycles. The van der Waals surface area contributed by atoms with Crippen LogP contribution in [-0.4, -0.2) is 9.97 Å². The highest BCUT2D eigenvalue weighted by Crippen LogP contribution is 2.40. The van der Waals surface area contributed by atoms with Crippen LogP contribution in [0, 0.1) is 0 Å². The molecule has 0 unspecified atom stereocenters. The van der Waals surface area contributed by atoms with Gasteiger partial charge in [-0.15, -0.1) is 11.3 Å². The van der Waals surface area contributed by atoms with Crippen molar-refractivity contribution in [2.45, 2.75) is 44.9 Å². The van der Waals surface area contributed by atoms with Gasteiger partial charge in [0.1, 0.15) is 5.82 Å². The fraction of sp³-hybridized carbons (Fsp3) is 0.467. The van der Waals surface area contributed by atoms with E-state index in [-0.39, 0.29) is 5.41 Å². The van der Waals surface area contributed by atoms with E-state index in [1.165, 1.54) is 17.7 Å². The van der Waals surface area contributed by atoms with Gasteiger partial charge in [0.2, 0.25) is 0 Å². The molecule has 0 amide bonds. The highest BCUT2D eigenvalue weighted by molar-refractivity contribution is 7.15. The van der Waals surface area contributed by atoms with E-state index in [0.717, 1.165) is 16.4 Å². The van der Waals surface area contributed by atoms with Gasteiger partial charge in [0.05, 0.1) is 4.88 Å². The Morgan fingerprint density at radius 1 is 1.21 bits per heavy atom. The summed E-state index contributed by atoms with van der Waals surface area (Å²) in [7, 11) is 0. The second kappa shape index (κ2) is 4.30. The predicted octanol–water partition coefficient (Wildman–Crippen LogP) is 3.96. The summed E-state index contributed by atoms with van der Waals surface area (Å²) in [5.41, 5.74) is 7.18. The number of aromatic nitrogens is 2. The molecule has 100 valence electrons. The highest BCUT2D eigenvalue weighted by atomic mass is 32.1. The molecule has 0 aliphatic heterocycles. The van der Waals surface area contributed by atoms with Gasteiger partial charge in [-0.3, -0.25) is 0 Å². The molecule has 2 N–H and O–H groups in total. The fourth-order valence-corrected chi connectivity index (χ4v) is 3.04. The monoisotopic (exact) mass is 273 g/mol. The maximum absolute atomic E-state index is 5.91. The molecule has 1 fully saturated rings. The maximum Gasteiger partial charge on any atom is 0.171 e. The molecule has 2 aromatic rings. The molecule has 3 nitrogen and oxygen atoms in total. The van der Waals surface area contributed by atoms with E-state index in [1.807, 2.05) is 6.07 Å². The summed E-state index contributed by atoms with van der Waals surface area (Å²) < 4.78 is 0. The van der Waals surface area contributed by atoms with Gasteiger partial charge in [0.25, 0.3) is 0 Å². The third-order valence-electron chi connectivity index (χ3n) is 3.33. The predicted molar refractivity (Wildman–Crippen MR) is 80.4 cm³/mol. The second-order valence-electron chi connectivity index (χ2n) is 6.23. The Bertz CT molecular complexity index is 606. The molecule has 0 aromatic carbocycles. The minimum absolute atomic E-state index is 0.169. The first-order valence-electron chi connectivity index (χ1n) is 6.68. The van der Waals surface area contributed by atoms with Crippen LogP contribution < -0.4 is 5.73 Å². The smallest absolute Gasteiger partial charge is 0.171 e. The third-order valence-corrected chi connectivity index (χ3v) is 4.83. The first kappa shape index (κ1) is 12.6. The van der Waals surface area contributed by atoms with E-state index in [2.05, 4.69) is 42.9 Å². The lowest BCUT2D eigenvalue weighted by Gasteiger charge is -2.15. The molecule has 0 atom stereocenters. The molecule has 3 rings (SSSR count). The first-order chi connectivity index (χ1) is 8.93. The number of nitrogens with zero attached hydrogens (tertiary/aromatic N) is 2. The van der Waals surface area contributed by atoms with Crippen molar-refractivity contribution in [2.75, 3.05) is 5.73 Å². The summed E-state index contributed by atoms with van der Waals surface area (Å²) in [5, 5.41) is 0. The van der Waals surface area contributed by atoms with Crippen LogP contribution in [0.3, 0.4) is 0 Å². The van der Waals surface area contributed by atoms with Gasteiger partial charge >= 0.3 is 0 Å². The molecule has 1 saturated carbocycles. The third kappa shape index (κ3) is 2.63. The lowest BCUT2D eigenvalue weighted by molar-refractivity contribution is 0.604. The van der Waals surface area contributed by atoms with E-state index in [0.29, 0.717) is 11.7 Å². The molecule has 2 heterocycles. The number of nitrogen functional groups attached to an aromatic ring is 1. The molecule has 19 heavy (non-hydrogen) atoms. The maximum atomic E-state index is 5.91. The van der Waals surface area contributed by atoms with E-state index in [9.17, 15) is 0 Å². The van der Waals surface area contributed by atoms with Crippen LogP contribution in [-0.2, 0) is 5.41 Å². The van der Waals surface area contributed by atoms with Crippen molar-refractivity contribution in [3.8, 4) is 10.7 Å². The van der Waals surface area contributed by atoms with Crippen molar-refractivity contribution in [2.24, 2.45) is 0 Å². The summed E-state index contributed by atoms with van der Waals surface area (Å²) in [6.07, 6.45) is 2.46. The molecular formula is C15H19N3S. The van der Waals surface area contributed by atoms with Gasteiger partial charge in [0, 0.05) is 22.6 Å². The van der Waals surface area contributed by atoms with Crippen LogP contribution in [0.4, 0.5) is 5.82 Å². The van der Waals surface area contributed by atoms with Crippen molar-refractivity contribution in [1.29, 1.82) is 0 Å². The van der Waals surface area contributed by atoms with Gasteiger partial charge in [-0.1, -0.05) is 20.8 Å². The molecule has 0 radical (unpaired) electrons. The standard InChI is InChI=1S/C15H19N3S/c1-15(2,3)12-7-6-11(19-12)14-17-10(9-4-5-9)8-13(16)18-14/h6-9H,4-5H2,1-3H3,(H2,16,17,18). The van der Waals surface area contributed by atoms with E-state index in [4.69, 9.17) is 5.73 Å². The number of hydrogen-bond acceptors (Lipinski definition) is 4. The molecule has 2 aromatic heterocycles. The Balaban J connectivity index is 1.99. The van der Waals surface area contributed by atoms with Crippen molar-refractivity contribution < 1.29 is 0 Å². The molecular weight excluding hydrogens is 254 g/mol. The first-order valence-corrected chi connectivity index (χ1v) is 7.50. The zero-order valence-corrected chi connectivity index (χ0v) is 12.4. The van der Waals surface area contributed by atoms with Gasteiger partial charge in [0.15, 0.2) is 5.82 Å². The van der Waals surface area contributed by atoms with Crippen LogP contribution in [0.2, 0.25) is 0 Å². The summed E-state index contributed by atoms with van der Waals surface area (Å²) in [6, 6.07) is 6.19. The van der Waals surface area contributed by atoms with E-state index in [1.54, 1.807) is 11.3 Å². The summed E-state index contributed by atoms with van der Waals surface area (Å²) >= 11 is 1.76. The Morgan fingerprint density at radius 3 is 2.53 bits per heavy atom. The van der Waals surface area contributed by atoms with Crippen molar-refractivity contribution in [3.05, 3.63) is 28.8 Å². The summed E-state index contributed by atoms with van der Waals surface area (Å²) in [4.78, 5) is 11.5. The normalized spacial score (nSPS) is 15.7. The topological polar surface area (TPSA) is 51.8 Å². The van der Waals surface area contributed by atoms with Gasteiger partial charge in [-0.25, -0.2) is 9.97 Å². The minimum atomic E-state index is 0.169. The van der Waals surface area contributed by atoms with Crippen LogP contribution >= 0.6 is 11.3 Å². The van der Waals surface area contributed by atoms with Crippen molar-refractivity contribution in [3.63, 3.8) is 0 Å². The van der Waals surface area contributed by atoms with E-state index < -0.39 is 0 Å². The van der Waals surface area contributed by atoms with Crippen molar-refractivity contribution >= 4 is 17.2 Å². The molecule has 0 bridgehead atoms. The van der Waals surface area contributed by atoms with Crippen LogP contribution in [0.25, 0.3) is 10.7 Å². The van der Waals surface area contributed by atoms with Crippen LogP contribution in [0.1, 0.15) is 50.1 Å². The summed E-state index contributed by atoms with van der Waals surface area (Å²) in [6.45, 7) is 6.66. The van der Waals surface area contributed by atoms with Gasteiger partial charge in [-0.05, 0) is 30.4 Å². The Hall–Kier alpha value is -1.42. The zero-order valence-electron chi connectivity index (χ0n) is 11.6. The van der Waals surface area contributed by atoms with Gasteiger partial charge < -0.3 is 5.73 Å². The molecule has 4 heteroatoms. The number of rotatable bonds is 2. The lowest BCUT2D eigenvalue weighted by Crippen LogP contribution is -2.07. The Labute approximate surface area is 117 Å². The average molecular weight is 273 g/mol. The van der Waals surface area contributed by atoms with Gasteiger partial charge in [-0.2, -0.15) is 0 Å². The summed E-state index contributed by atoms with van der Waals surface area (Å²) in [5.74, 6) is 1.96. The molecule has 0 saturated heterocycles. The van der Waals surface area contributed by atoms with Crippen LogP contribution in [0.15, 0.2) is 18.2 Å². The quantitative estimate of drug-likeness (QED) is 0.901. The fourth-order valence-electron chi connectivity index (χ4n) is 2.05. The average Bonchev–Trinajstić information content (AvgIpc) is 3.03. The number of anilines is 1. The highest BCUT2D eigenvalue weighted by Gasteiger charge is 2.26. The Kier molecular flexibility index (Phi) is 2.86. The number of thiophene rings is 1. The minimum Gasteiger partial charge on any atom is -0.384 e. The molecule has 1 aliphatic rings. The zero-order chi connectivity index (χ0) is 13.6. The largest absolute Gasteiger partial charge is 0.384 e. The number of nitrogens with two attached hydrogens (primary N) is 1. The lowest BCUT2D eigenvalue weighted by atomic mass is 9.95. The Morgan fingerprint density at radius 2 is 1.95 bits per heavy atom.